The molecule has 1 saturated heterocycles. The second-order valence-corrected chi connectivity index (χ2v) is 4.27. The molecular formula is C12H10N2O3. The van der Waals surface area contributed by atoms with E-state index in [9.17, 15) is 14.4 Å². The number of carbonyl (C=O) groups excluding carboxylic acids is 3. The summed E-state index contributed by atoms with van der Waals surface area (Å²) in [7, 11) is 0. The van der Waals surface area contributed by atoms with E-state index in [1.807, 2.05) is 0 Å². The first-order chi connectivity index (χ1) is 8.11. The summed E-state index contributed by atoms with van der Waals surface area (Å²) in [4.78, 5) is 36.6. The molecule has 3 rings (SSSR count). The molecule has 2 atom stereocenters. The summed E-state index contributed by atoms with van der Waals surface area (Å²) in [5.74, 6) is -1.03. The molecule has 0 aromatic heterocycles. The first-order valence-electron chi connectivity index (χ1n) is 5.38. The average molecular weight is 230 g/mol. The van der Waals surface area contributed by atoms with Crippen LogP contribution in [0.15, 0.2) is 24.3 Å². The fourth-order valence-electron chi connectivity index (χ4n) is 2.32. The lowest BCUT2D eigenvalue weighted by Crippen LogP contribution is -2.68. The van der Waals surface area contributed by atoms with Gasteiger partial charge in [0.25, 0.3) is 11.8 Å². The Morgan fingerprint density at radius 3 is 2.00 bits per heavy atom. The number of rotatable bonds is 1. The molecule has 86 valence electrons. The summed E-state index contributed by atoms with van der Waals surface area (Å²) in [5, 5.41) is 2.62. The highest BCUT2D eigenvalue weighted by Crippen LogP contribution is 2.27. The van der Waals surface area contributed by atoms with Gasteiger partial charge in [-0.05, 0) is 19.1 Å². The van der Waals surface area contributed by atoms with Gasteiger partial charge in [-0.15, -0.1) is 0 Å². The molecule has 5 heteroatoms. The van der Waals surface area contributed by atoms with Gasteiger partial charge in [0, 0.05) is 0 Å². The Bertz CT molecular complexity index is 517. The molecule has 0 unspecified atom stereocenters. The van der Waals surface area contributed by atoms with Crippen molar-refractivity contribution < 1.29 is 14.4 Å². The van der Waals surface area contributed by atoms with Gasteiger partial charge >= 0.3 is 0 Å². The molecule has 0 saturated carbocycles. The van der Waals surface area contributed by atoms with Crippen molar-refractivity contribution in [3.63, 3.8) is 0 Å². The molecule has 0 aliphatic carbocycles. The molecule has 1 aromatic carbocycles. The topological polar surface area (TPSA) is 66.5 Å². The van der Waals surface area contributed by atoms with Crippen molar-refractivity contribution in [1.29, 1.82) is 0 Å². The molecule has 0 spiro atoms. The molecule has 1 fully saturated rings. The number of amides is 3. The number of β-lactam (4-membered cyclic amide) rings is 1. The summed E-state index contributed by atoms with van der Waals surface area (Å²) in [6, 6.07) is 5.79. The van der Waals surface area contributed by atoms with Crippen LogP contribution in [0.1, 0.15) is 27.6 Å². The molecule has 1 N–H and O–H groups in total. The molecule has 3 amide bonds. The minimum Gasteiger partial charge on any atom is -0.349 e. The molecule has 2 aliphatic heterocycles. The van der Waals surface area contributed by atoms with E-state index < -0.39 is 6.04 Å². The maximum Gasteiger partial charge on any atom is 0.262 e. The van der Waals surface area contributed by atoms with E-state index in [-0.39, 0.29) is 23.8 Å². The van der Waals surface area contributed by atoms with Crippen LogP contribution in [0.3, 0.4) is 0 Å². The zero-order valence-corrected chi connectivity index (χ0v) is 9.14. The van der Waals surface area contributed by atoms with Crippen molar-refractivity contribution in [1.82, 2.24) is 10.2 Å². The van der Waals surface area contributed by atoms with E-state index in [1.54, 1.807) is 31.2 Å². The first-order valence-corrected chi connectivity index (χ1v) is 5.38. The first kappa shape index (κ1) is 10.0. The quantitative estimate of drug-likeness (QED) is 0.552. The minimum absolute atomic E-state index is 0.176. The van der Waals surface area contributed by atoms with Gasteiger partial charge in [0.1, 0.15) is 6.04 Å². The van der Waals surface area contributed by atoms with Crippen LogP contribution < -0.4 is 5.32 Å². The highest BCUT2D eigenvalue weighted by molar-refractivity contribution is 6.23. The smallest absolute Gasteiger partial charge is 0.262 e. The minimum atomic E-state index is -0.664. The summed E-state index contributed by atoms with van der Waals surface area (Å²) < 4.78 is 0. The van der Waals surface area contributed by atoms with Crippen LogP contribution in [0.4, 0.5) is 0 Å². The van der Waals surface area contributed by atoms with Gasteiger partial charge in [-0.1, -0.05) is 12.1 Å². The van der Waals surface area contributed by atoms with Gasteiger partial charge in [0.15, 0.2) is 0 Å². The van der Waals surface area contributed by atoms with Gasteiger partial charge in [-0.2, -0.15) is 0 Å². The fourth-order valence-corrected chi connectivity index (χ4v) is 2.32. The van der Waals surface area contributed by atoms with Crippen LogP contribution in [0, 0.1) is 0 Å². The fraction of sp³-hybridized carbons (Fsp3) is 0.250. The maximum atomic E-state index is 12.1. The Kier molecular flexibility index (Phi) is 1.86. The van der Waals surface area contributed by atoms with Gasteiger partial charge < -0.3 is 5.32 Å². The van der Waals surface area contributed by atoms with Crippen LogP contribution in [0.2, 0.25) is 0 Å². The van der Waals surface area contributed by atoms with E-state index >= 15 is 0 Å². The third-order valence-electron chi connectivity index (χ3n) is 3.22. The highest BCUT2D eigenvalue weighted by Gasteiger charge is 2.49. The number of hydrogen-bond acceptors (Lipinski definition) is 3. The second-order valence-electron chi connectivity index (χ2n) is 4.27. The van der Waals surface area contributed by atoms with Crippen LogP contribution in [0.5, 0.6) is 0 Å². The standard InChI is InChI=1S/C12H10N2O3/c1-6-9(10(15)13-6)14-11(16)7-4-2-3-5-8(7)12(14)17/h2-6,9H,1H3,(H,13,15)/t6-,9-/m1/s1. The van der Waals surface area contributed by atoms with E-state index in [4.69, 9.17) is 0 Å². The molecule has 2 aliphatic rings. The van der Waals surface area contributed by atoms with E-state index in [1.165, 1.54) is 0 Å². The zero-order valence-electron chi connectivity index (χ0n) is 9.14. The Morgan fingerprint density at radius 2 is 1.59 bits per heavy atom. The molecular weight excluding hydrogens is 220 g/mol. The second kappa shape index (κ2) is 3.16. The maximum absolute atomic E-state index is 12.1. The SMILES string of the molecule is C[C@H]1NC(=O)[C@@H]1N1C(=O)c2ccccc2C1=O. The van der Waals surface area contributed by atoms with Crippen molar-refractivity contribution in [2.24, 2.45) is 0 Å². The van der Waals surface area contributed by atoms with E-state index in [2.05, 4.69) is 5.32 Å². The lowest BCUT2D eigenvalue weighted by atomic mass is 9.99. The van der Waals surface area contributed by atoms with Crippen molar-refractivity contribution in [2.45, 2.75) is 19.0 Å². The summed E-state index contributed by atoms with van der Waals surface area (Å²) in [5.41, 5.74) is 0.758. The molecule has 1 aromatic rings. The Morgan fingerprint density at radius 1 is 1.06 bits per heavy atom. The number of imide groups is 1. The number of nitrogens with one attached hydrogen (secondary N) is 1. The summed E-state index contributed by atoms with van der Waals surface area (Å²) >= 11 is 0. The lowest BCUT2D eigenvalue weighted by Gasteiger charge is -2.38. The van der Waals surface area contributed by atoms with Gasteiger partial charge in [0.2, 0.25) is 5.91 Å². The number of fused-ring (bicyclic) bond motifs is 1. The summed E-state index contributed by atoms with van der Waals surface area (Å²) in [6.45, 7) is 1.77. The predicted octanol–water partition coefficient (Wildman–Crippen LogP) is 0.169. The van der Waals surface area contributed by atoms with Crippen LogP contribution in [0.25, 0.3) is 0 Å². The van der Waals surface area contributed by atoms with E-state index in [0.29, 0.717) is 11.1 Å². The molecule has 5 nitrogen and oxygen atoms in total. The molecule has 0 bridgehead atoms. The lowest BCUT2D eigenvalue weighted by molar-refractivity contribution is -0.134. The van der Waals surface area contributed by atoms with Crippen LogP contribution in [-0.4, -0.2) is 34.7 Å². The van der Waals surface area contributed by atoms with Crippen molar-refractivity contribution in [2.75, 3.05) is 0 Å². The van der Waals surface area contributed by atoms with Gasteiger partial charge in [-0.3, -0.25) is 19.3 Å². The van der Waals surface area contributed by atoms with E-state index in [0.717, 1.165) is 4.90 Å². The summed E-state index contributed by atoms with van der Waals surface area (Å²) in [6.07, 6.45) is 0. The largest absolute Gasteiger partial charge is 0.349 e. The monoisotopic (exact) mass is 230 g/mol. The third-order valence-corrected chi connectivity index (χ3v) is 3.22. The Balaban J connectivity index is 2.04. The number of carbonyl (C=O) groups is 3. The molecule has 17 heavy (non-hydrogen) atoms. The van der Waals surface area contributed by atoms with Crippen molar-refractivity contribution in [3.8, 4) is 0 Å². The van der Waals surface area contributed by atoms with Crippen molar-refractivity contribution in [3.05, 3.63) is 35.4 Å². The Labute approximate surface area is 97.4 Å². The molecule has 0 radical (unpaired) electrons. The number of nitrogens with zero attached hydrogens (tertiary/aromatic N) is 1. The zero-order chi connectivity index (χ0) is 12.2. The highest BCUT2D eigenvalue weighted by atomic mass is 16.2. The van der Waals surface area contributed by atoms with Crippen molar-refractivity contribution >= 4 is 17.7 Å². The molecule has 2 heterocycles. The van der Waals surface area contributed by atoms with Gasteiger partial charge in [0.05, 0.1) is 17.2 Å². The average Bonchev–Trinajstić information content (AvgIpc) is 2.55. The third kappa shape index (κ3) is 1.16. The number of benzene rings is 1. The number of hydrogen-bond donors (Lipinski definition) is 1. The van der Waals surface area contributed by atoms with Gasteiger partial charge in [-0.25, -0.2) is 0 Å². The predicted molar refractivity (Wildman–Crippen MR) is 58.3 cm³/mol. The van der Waals surface area contributed by atoms with Crippen LogP contribution in [-0.2, 0) is 4.79 Å². The normalized spacial score (nSPS) is 26.6. The van der Waals surface area contributed by atoms with Crippen LogP contribution >= 0.6 is 0 Å². The Hall–Kier alpha value is -2.17.